The molecule has 1 aliphatic rings. The van der Waals surface area contributed by atoms with Crippen molar-refractivity contribution in [2.24, 2.45) is 5.92 Å². The number of halogens is 1. The van der Waals surface area contributed by atoms with Crippen LogP contribution < -0.4 is 5.32 Å². The number of nitrogens with one attached hydrogen (secondary N) is 1. The quantitative estimate of drug-likeness (QED) is 0.853. The Morgan fingerprint density at radius 1 is 1.19 bits per heavy atom. The molecule has 0 bridgehead atoms. The zero-order valence-electron chi connectivity index (χ0n) is 13.6. The van der Waals surface area contributed by atoms with Crippen LogP contribution in [0.5, 0.6) is 0 Å². The van der Waals surface area contributed by atoms with Gasteiger partial charge >= 0.3 is 0 Å². The predicted octanol–water partition coefficient (Wildman–Crippen LogP) is 3.99. The maximum Gasteiger partial charge on any atom is 0.123 e. The van der Waals surface area contributed by atoms with Gasteiger partial charge in [0.05, 0.1) is 0 Å². The van der Waals surface area contributed by atoms with Crippen LogP contribution in [0.15, 0.2) is 24.3 Å². The highest BCUT2D eigenvalue weighted by molar-refractivity contribution is 5.19. The lowest BCUT2D eigenvalue weighted by molar-refractivity contribution is 0.159. The SMILES string of the molecule is CCCN1CCC(C(C)NC(C)c2ccc(F)cc2)CC1. The van der Waals surface area contributed by atoms with E-state index in [0.717, 1.165) is 11.5 Å². The van der Waals surface area contributed by atoms with Crippen LogP contribution in [0, 0.1) is 11.7 Å². The Hall–Kier alpha value is -0.930. The largest absolute Gasteiger partial charge is 0.307 e. The van der Waals surface area contributed by atoms with Gasteiger partial charge in [0.2, 0.25) is 0 Å². The number of piperidine rings is 1. The third-order valence-corrected chi connectivity index (χ3v) is 4.76. The lowest BCUT2D eigenvalue weighted by atomic mass is 9.89. The minimum atomic E-state index is -0.165. The molecule has 21 heavy (non-hydrogen) atoms. The highest BCUT2D eigenvalue weighted by Gasteiger charge is 2.24. The van der Waals surface area contributed by atoms with Crippen LogP contribution in [0.1, 0.15) is 51.6 Å². The first kappa shape index (κ1) is 16.4. The zero-order chi connectivity index (χ0) is 15.2. The number of hydrogen-bond acceptors (Lipinski definition) is 2. The molecule has 0 saturated carbocycles. The summed E-state index contributed by atoms with van der Waals surface area (Å²) in [5.41, 5.74) is 1.16. The molecule has 0 aliphatic carbocycles. The molecule has 0 aromatic heterocycles. The number of benzene rings is 1. The van der Waals surface area contributed by atoms with Crippen molar-refractivity contribution < 1.29 is 4.39 Å². The van der Waals surface area contributed by atoms with Crippen molar-refractivity contribution in [3.8, 4) is 0 Å². The van der Waals surface area contributed by atoms with E-state index in [1.54, 1.807) is 12.1 Å². The summed E-state index contributed by atoms with van der Waals surface area (Å²) in [6.07, 6.45) is 3.81. The zero-order valence-corrected chi connectivity index (χ0v) is 13.6. The Morgan fingerprint density at radius 3 is 2.38 bits per heavy atom. The van der Waals surface area contributed by atoms with Gasteiger partial charge in [0.25, 0.3) is 0 Å². The summed E-state index contributed by atoms with van der Waals surface area (Å²) in [5, 5.41) is 3.69. The number of rotatable bonds is 6. The number of nitrogens with zero attached hydrogens (tertiary/aromatic N) is 1. The summed E-state index contributed by atoms with van der Waals surface area (Å²) >= 11 is 0. The maximum absolute atomic E-state index is 13.0. The molecule has 1 aliphatic heterocycles. The van der Waals surface area contributed by atoms with E-state index < -0.39 is 0 Å². The van der Waals surface area contributed by atoms with Crippen molar-refractivity contribution in [2.45, 2.75) is 52.1 Å². The van der Waals surface area contributed by atoms with E-state index in [9.17, 15) is 4.39 Å². The number of likely N-dealkylation sites (tertiary alicyclic amines) is 1. The van der Waals surface area contributed by atoms with Gasteiger partial charge in [0.1, 0.15) is 5.82 Å². The molecule has 0 spiro atoms. The van der Waals surface area contributed by atoms with Crippen LogP contribution in [-0.4, -0.2) is 30.6 Å². The molecule has 1 aromatic carbocycles. The molecule has 2 unspecified atom stereocenters. The van der Waals surface area contributed by atoms with Crippen LogP contribution in [-0.2, 0) is 0 Å². The van der Waals surface area contributed by atoms with Gasteiger partial charge < -0.3 is 10.2 Å². The van der Waals surface area contributed by atoms with Crippen molar-refractivity contribution in [1.29, 1.82) is 0 Å². The molecule has 2 atom stereocenters. The second-order valence-electron chi connectivity index (χ2n) is 6.41. The first-order chi connectivity index (χ1) is 10.1. The molecular formula is C18H29FN2. The second-order valence-corrected chi connectivity index (χ2v) is 6.41. The van der Waals surface area contributed by atoms with Crippen molar-refractivity contribution in [2.75, 3.05) is 19.6 Å². The summed E-state index contributed by atoms with van der Waals surface area (Å²) < 4.78 is 13.0. The minimum absolute atomic E-state index is 0.165. The van der Waals surface area contributed by atoms with Crippen LogP contribution in [0.25, 0.3) is 0 Å². The standard InChI is InChI=1S/C18H29FN2/c1-4-11-21-12-9-17(10-13-21)15(3)20-14(2)16-5-7-18(19)8-6-16/h5-8,14-15,17,20H,4,9-13H2,1-3H3. The monoisotopic (exact) mass is 292 g/mol. The van der Waals surface area contributed by atoms with E-state index in [0.29, 0.717) is 6.04 Å². The van der Waals surface area contributed by atoms with E-state index in [4.69, 9.17) is 0 Å². The molecule has 1 fully saturated rings. The van der Waals surface area contributed by atoms with Crippen molar-refractivity contribution in [1.82, 2.24) is 10.2 Å². The fourth-order valence-electron chi connectivity index (χ4n) is 3.37. The molecule has 3 heteroatoms. The van der Waals surface area contributed by atoms with Gasteiger partial charge in [-0.15, -0.1) is 0 Å². The van der Waals surface area contributed by atoms with Crippen molar-refractivity contribution in [3.05, 3.63) is 35.6 Å². The Labute approximate surface area is 128 Å². The molecule has 1 N–H and O–H groups in total. The predicted molar refractivity (Wildman–Crippen MR) is 86.9 cm³/mol. The Bertz CT molecular complexity index is 410. The van der Waals surface area contributed by atoms with E-state index in [1.165, 1.54) is 38.9 Å². The summed E-state index contributed by atoms with van der Waals surface area (Å²) in [4.78, 5) is 2.58. The Balaban J connectivity index is 1.81. The lowest BCUT2D eigenvalue weighted by Gasteiger charge is -2.36. The van der Waals surface area contributed by atoms with Gasteiger partial charge in [-0.3, -0.25) is 0 Å². The average Bonchev–Trinajstić information content (AvgIpc) is 2.49. The second kappa shape index (κ2) is 7.90. The molecule has 2 rings (SSSR count). The van der Waals surface area contributed by atoms with Crippen molar-refractivity contribution in [3.63, 3.8) is 0 Å². The molecule has 1 aromatic rings. The average molecular weight is 292 g/mol. The van der Waals surface area contributed by atoms with Gasteiger partial charge in [-0.2, -0.15) is 0 Å². The molecule has 0 amide bonds. The van der Waals surface area contributed by atoms with Gasteiger partial charge in [-0.25, -0.2) is 4.39 Å². The normalized spacial score (nSPS) is 20.4. The fraction of sp³-hybridized carbons (Fsp3) is 0.667. The van der Waals surface area contributed by atoms with E-state index in [2.05, 4.69) is 31.0 Å². The number of hydrogen-bond donors (Lipinski definition) is 1. The van der Waals surface area contributed by atoms with Crippen molar-refractivity contribution >= 4 is 0 Å². The first-order valence-electron chi connectivity index (χ1n) is 8.34. The van der Waals surface area contributed by atoms with Gasteiger partial charge in [0, 0.05) is 12.1 Å². The first-order valence-corrected chi connectivity index (χ1v) is 8.34. The molecule has 1 saturated heterocycles. The van der Waals surface area contributed by atoms with Crippen LogP contribution in [0.2, 0.25) is 0 Å². The van der Waals surface area contributed by atoms with E-state index >= 15 is 0 Å². The lowest BCUT2D eigenvalue weighted by Crippen LogP contribution is -2.42. The molecule has 2 nitrogen and oxygen atoms in total. The van der Waals surface area contributed by atoms with Gasteiger partial charge in [0.15, 0.2) is 0 Å². The Morgan fingerprint density at radius 2 is 1.81 bits per heavy atom. The third-order valence-electron chi connectivity index (χ3n) is 4.76. The molecule has 0 radical (unpaired) electrons. The van der Waals surface area contributed by atoms with E-state index in [-0.39, 0.29) is 11.9 Å². The third kappa shape index (κ3) is 4.79. The molecule has 1 heterocycles. The van der Waals surface area contributed by atoms with E-state index in [1.807, 2.05) is 12.1 Å². The smallest absolute Gasteiger partial charge is 0.123 e. The Kier molecular flexibility index (Phi) is 6.19. The summed E-state index contributed by atoms with van der Waals surface area (Å²) in [5.74, 6) is 0.586. The highest BCUT2D eigenvalue weighted by Crippen LogP contribution is 2.23. The van der Waals surface area contributed by atoms with Gasteiger partial charge in [-0.05, 0) is 76.4 Å². The summed E-state index contributed by atoms with van der Waals surface area (Å²) in [7, 11) is 0. The van der Waals surface area contributed by atoms with Crippen LogP contribution in [0.4, 0.5) is 4.39 Å². The highest BCUT2D eigenvalue weighted by atomic mass is 19.1. The summed E-state index contributed by atoms with van der Waals surface area (Å²) in [6.45, 7) is 10.4. The fourth-order valence-corrected chi connectivity index (χ4v) is 3.37. The van der Waals surface area contributed by atoms with Crippen LogP contribution in [0.3, 0.4) is 0 Å². The minimum Gasteiger partial charge on any atom is -0.307 e. The topological polar surface area (TPSA) is 15.3 Å². The molecule has 118 valence electrons. The summed E-state index contributed by atoms with van der Waals surface area (Å²) in [6, 6.07) is 7.62. The van der Waals surface area contributed by atoms with Gasteiger partial charge in [-0.1, -0.05) is 19.1 Å². The van der Waals surface area contributed by atoms with Crippen LogP contribution >= 0.6 is 0 Å². The molecular weight excluding hydrogens is 263 g/mol. The maximum atomic E-state index is 13.0.